The highest BCUT2D eigenvalue weighted by Crippen LogP contribution is 2.47. The Hall–Kier alpha value is -3.47. The van der Waals surface area contributed by atoms with Crippen LogP contribution in [0.3, 0.4) is 0 Å². The summed E-state index contributed by atoms with van der Waals surface area (Å²) in [5.41, 5.74) is 4.20. The number of methoxy groups -OCH3 is 1. The molecule has 3 aromatic rings. The van der Waals surface area contributed by atoms with E-state index in [1.54, 1.807) is 19.2 Å². The van der Waals surface area contributed by atoms with E-state index in [0.29, 0.717) is 0 Å². The lowest BCUT2D eigenvalue weighted by molar-refractivity contribution is -0.0190. The van der Waals surface area contributed by atoms with Gasteiger partial charge in [0.25, 0.3) is 0 Å². The molecule has 140 valence electrons. The van der Waals surface area contributed by atoms with Gasteiger partial charge in [-0.05, 0) is 60.2 Å². The summed E-state index contributed by atoms with van der Waals surface area (Å²) in [7, 11) is 1.67. The standard InChI is InChI=1S/C23H20N2O3/c1-27-18-12-8-15(9-13-18)20-14-21-19-4-2-3-5-22(19)28-23(25(21)24-20)16-6-10-17(26)11-7-16/h2-13,21,23,26H,14H2,1H3. The summed E-state index contributed by atoms with van der Waals surface area (Å²) in [5.74, 6) is 1.95. The van der Waals surface area contributed by atoms with Crippen molar-refractivity contribution in [2.75, 3.05) is 7.11 Å². The molecular weight excluding hydrogens is 352 g/mol. The van der Waals surface area contributed by atoms with Crippen molar-refractivity contribution in [2.24, 2.45) is 5.10 Å². The molecule has 5 rings (SSSR count). The summed E-state index contributed by atoms with van der Waals surface area (Å²) < 4.78 is 11.6. The maximum atomic E-state index is 9.64. The van der Waals surface area contributed by atoms with E-state index in [0.717, 1.165) is 40.3 Å². The number of para-hydroxylation sites is 1. The second-order valence-corrected chi connectivity index (χ2v) is 6.97. The molecule has 0 saturated carbocycles. The first-order chi connectivity index (χ1) is 13.7. The summed E-state index contributed by atoms with van der Waals surface area (Å²) in [4.78, 5) is 0. The first-order valence-corrected chi connectivity index (χ1v) is 9.28. The predicted octanol–water partition coefficient (Wildman–Crippen LogP) is 4.64. The van der Waals surface area contributed by atoms with Gasteiger partial charge in [0.15, 0.2) is 0 Å². The molecule has 0 amide bonds. The van der Waals surface area contributed by atoms with E-state index in [1.165, 1.54) is 0 Å². The van der Waals surface area contributed by atoms with E-state index >= 15 is 0 Å². The SMILES string of the molecule is COc1ccc(C2=NN3C(C2)c2ccccc2OC3c2ccc(O)cc2)cc1. The Morgan fingerprint density at radius 2 is 1.75 bits per heavy atom. The van der Waals surface area contributed by atoms with Crippen molar-refractivity contribution < 1.29 is 14.6 Å². The summed E-state index contributed by atoms with van der Waals surface area (Å²) in [6.45, 7) is 0. The van der Waals surface area contributed by atoms with E-state index in [-0.39, 0.29) is 18.0 Å². The molecule has 5 heteroatoms. The van der Waals surface area contributed by atoms with Crippen molar-refractivity contribution >= 4 is 5.71 Å². The molecule has 5 nitrogen and oxygen atoms in total. The van der Waals surface area contributed by atoms with Crippen LogP contribution >= 0.6 is 0 Å². The third-order valence-corrected chi connectivity index (χ3v) is 5.30. The smallest absolute Gasteiger partial charge is 0.213 e. The molecule has 2 aliphatic rings. The van der Waals surface area contributed by atoms with Crippen molar-refractivity contribution in [1.82, 2.24) is 5.01 Å². The van der Waals surface area contributed by atoms with Gasteiger partial charge in [-0.2, -0.15) is 5.10 Å². The molecular formula is C23H20N2O3. The van der Waals surface area contributed by atoms with E-state index < -0.39 is 0 Å². The van der Waals surface area contributed by atoms with Crippen LogP contribution < -0.4 is 9.47 Å². The first kappa shape index (κ1) is 16.7. The van der Waals surface area contributed by atoms with Gasteiger partial charge in [-0.25, -0.2) is 5.01 Å². The van der Waals surface area contributed by atoms with Crippen molar-refractivity contribution in [3.05, 3.63) is 89.5 Å². The van der Waals surface area contributed by atoms with Gasteiger partial charge in [0, 0.05) is 17.5 Å². The van der Waals surface area contributed by atoms with Crippen LogP contribution in [0.4, 0.5) is 0 Å². The Morgan fingerprint density at radius 1 is 1.00 bits per heavy atom. The van der Waals surface area contributed by atoms with Gasteiger partial charge in [0.1, 0.15) is 17.2 Å². The Labute approximate surface area is 163 Å². The number of benzene rings is 3. The molecule has 28 heavy (non-hydrogen) atoms. The Kier molecular flexibility index (Phi) is 3.93. The summed E-state index contributed by atoms with van der Waals surface area (Å²) in [6.07, 6.45) is 0.470. The van der Waals surface area contributed by atoms with Crippen LogP contribution in [-0.4, -0.2) is 22.9 Å². The van der Waals surface area contributed by atoms with Crippen molar-refractivity contribution in [2.45, 2.75) is 18.7 Å². The number of nitrogens with zero attached hydrogens (tertiary/aromatic N) is 2. The van der Waals surface area contributed by atoms with Gasteiger partial charge in [-0.3, -0.25) is 0 Å². The third-order valence-electron chi connectivity index (χ3n) is 5.30. The Morgan fingerprint density at radius 3 is 2.50 bits per heavy atom. The van der Waals surface area contributed by atoms with E-state index in [4.69, 9.17) is 14.6 Å². The fourth-order valence-electron chi connectivity index (χ4n) is 3.85. The van der Waals surface area contributed by atoms with Gasteiger partial charge >= 0.3 is 0 Å². The normalized spacial score (nSPS) is 20.0. The van der Waals surface area contributed by atoms with Crippen LogP contribution in [0.25, 0.3) is 0 Å². The number of rotatable bonds is 3. The van der Waals surface area contributed by atoms with Crippen LogP contribution in [0.2, 0.25) is 0 Å². The number of hydrogen-bond acceptors (Lipinski definition) is 5. The fraction of sp³-hybridized carbons (Fsp3) is 0.174. The lowest BCUT2D eigenvalue weighted by Crippen LogP contribution is -2.33. The number of hydrogen-bond donors (Lipinski definition) is 1. The molecule has 2 heterocycles. The van der Waals surface area contributed by atoms with Crippen LogP contribution in [0, 0.1) is 0 Å². The number of aromatic hydroxyl groups is 1. The number of fused-ring (bicyclic) bond motifs is 3. The minimum absolute atomic E-state index is 0.112. The first-order valence-electron chi connectivity index (χ1n) is 9.28. The Balaban J connectivity index is 1.56. The maximum Gasteiger partial charge on any atom is 0.213 e. The third kappa shape index (κ3) is 2.76. The van der Waals surface area contributed by atoms with Gasteiger partial charge in [0.2, 0.25) is 6.23 Å². The second-order valence-electron chi connectivity index (χ2n) is 6.97. The van der Waals surface area contributed by atoms with E-state index in [9.17, 15) is 5.11 Å². The summed E-state index contributed by atoms with van der Waals surface area (Å²) >= 11 is 0. The van der Waals surface area contributed by atoms with Crippen molar-refractivity contribution in [3.63, 3.8) is 0 Å². The molecule has 2 aliphatic heterocycles. The molecule has 0 spiro atoms. The van der Waals surface area contributed by atoms with Crippen LogP contribution in [-0.2, 0) is 0 Å². The quantitative estimate of drug-likeness (QED) is 0.728. The lowest BCUT2D eigenvalue weighted by atomic mass is 9.96. The minimum atomic E-state index is -0.337. The van der Waals surface area contributed by atoms with Crippen molar-refractivity contribution in [3.8, 4) is 17.2 Å². The number of phenolic OH excluding ortho intramolecular Hbond substituents is 1. The monoisotopic (exact) mass is 372 g/mol. The lowest BCUT2D eigenvalue weighted by Gasteiger charge is -2.38. The second kappa shape index (κ2) is 6.60. The molecule has 0 saturated heterocycles. The van der Waals surface area contributed by atoms with Crippen molar-refractivity contribution in [1.29, 1.82) is 0 Å². The zero-order valence-corrected chi connectivity index (χ0v) is 15.4. The largest absolute Gasteiger partial charge is 0.508 e. The maximum absolute atomic E-state index is 9.64. The molecule has 0 fully saturated rings. The van der Waals surface area contributed by atoms with Crippen LogP contribution in [0.1, 0.15) is 35.4 Å². The number of hydrazone groups is 1. The molecule has 0 bridgehead atoms. The molecule has 0 radical (unpaired) electrons. The molecule has 3 aromatic carbocycles. The number of phenols is 1. The van der Waals surface area contributed by atoms with Crippen LogP contribution in [0.15, 0.2) is 77.9 Å². The van der Waals surface area contributed by atoms with E-state index in [1.807, 2.05) is 59.6 Å². The van der Waals surface area contributed by atoms with Gasteiger partial charge < -0.3 is 14.6 Å². The molecule has 0 aromatic heterocycles. The Bertz CT molecular complexity index is 1030. The zero-order valence-electron chi connectivity index (χ0n) is 15.4. The average molecular weight is 372 g/mol. The predicted molar refractivity (Wildman–Crippen MR) is 107 cm³/mol. The highest BCUT2D eigenvalue weighted by atomic mass is 16.5. The summed E-state index contributed by atoms with van der Waals surface area (Å²) in [6, 6.07) is 23.4. The van der Waals surface area contributed by atoms with Gasteiger partial charge in [-0.15, -0.1) is 0 Å². The van der Waals surface area contributed by atoms with Gasteiger partial charge in [-0.1, -0.05) is 18.2 Å². The average Bonchev–Trinajstić information content (AvgIpc) is 3.20. The number of ether oxygens (including phenoxy) is 2. The minimum Gasteiger partial charge on any atom is -0.508 e. The topological polar surface area (TPSA) is 54.3 Å². The summed E-state index contributed by atoms with van der Waals surface area (Å²) in [5, 5.41) is 16.6. The molecule has 2 unspecified atom stereocenters. The highest BCUT2D eigenvalue weighted by Gasteiger charge is 2.40. The van der Waals surface area contributed by atoms with E-state index in [2.05, 4.69) is 6.07 Å². The van der Waals surface area contributed by atoms with Crippen LogP contribution in [0.5, 0.6) is 17.2 Å². The molecule has 0 aliphatic carbocycles. The fourth-order valence-corrected chi connectivity index (χ4v) is 3.85. The molecule has 2 atom stereocenters. The highest BCUT2D eigenvalue weighted by molar-refractivity contribution is 6.02. The molecule has 1 N–H and O–H groups in total. The van der Waals surface area contributed by atoms with Gasteiger partial charge in [0.05, 0.1) is 18.9 Å². The zero-order chi connectivity index (χ0) is 19.1.